The van der Waals surface area contributed by atoms with Crippen molar-refractivity contribution in [3.63, 3.8) is 0 Å². The van der Waals surface area contributed by atoms with Gasteiger partial charge in [-0.05, 0) is 53.1 Å². The standard InChI is InChI=1S/C12H12FIO/c1-2-3-4-5-12(15)10-7-6-9(13)8-11(10)14/h1,6-8,12,15H,3-5H2. The normalized spacial score (nSPS) is 12.1. The topological polar surface area (TPSA) is 20.2 Å². The third kappa shape index (κ3) is 3.80. The van der Waals surface area contributed by atoms with Gasteiger partial charge < -0.3 is 5.11 Å². The molecule has 0 amide bonds. The smallest absolute Gasteiger partial charge is 0.124 e. The van der Waals surface area contributed by atoms with Crippen LogP contribution in [-0.2, 0) is 0 Å². The summed E-state index contributed by atoms with van der Waals surface area (Å²) in [4.78, 5) is 0. The molecule has 0 saturated heterocycles. The van der Waals surface area contributed by atoms with E-state index in [1.807, 2.05) is 22.6 Å². The van der Waals surface area contributed by atoms with Crippen molar-refractivity contribution in [3.05, 3.63) is 33.1 Å². The summed E-state index contributed by atoms with van der Waals surface area (Å²) in [5.41, 5.74) is 0.772. The maximum absolute atomic E-state index is 12.8. The maximum atomic E-state index is 12.8. The summed E-state index contributed by atoms with van der Waals surface area (Å²) in [5.74, 6) is 2.25. The predicted octanol–water partition coefficient (Wildman–Crippen LogP) is 3.27. The first-order valence-corrected chi connectivity index (χ1v) is 5.79. The number of aliphatic hydroxyl groups is 1. The Morgan fingerprint density at radius 2 is 2.27 bits per heavy atom. The molecule has 1 aromatic rings. The quantitative estimate of drug-likeness (QED) is 0.513. The monoisotopic (exact) mass is 318 g/mol. The van der Waals surface area contributed by atoms with Crippen molar-refractivity contribution in [2.24, 2.45) is 0 Å². The van der Waals surface area contributed by atoms with E-state index in [0.717, 1.165) is 15.6 Å². The molecule has 1 nitrogen and oxygen atoms in total. The second-order valence-electron chi connectivity index (χ2n) is 3.28. The van der Waals surface area contributed by atoms with Crippen LogP contribution >= 0.6 is 22.6 Å². The van der Waals surface area contributed by atoms with Gasteiger partial charge in [0.05, 0.1) is 6.10 Å². The third-order valence-corrected chi connectivity index (χ3v) is 3.05. The summed E-state index contributed by atoms with van der Waals surface area (Å²) in [6, 6.07) is 4.40. The first-order valence-electron chi connectivity index (χ1n) is 4.71. The van der Waals surface area contributed by atoms with Gasteiger partial charge >= 0.3 is 0 Å². The Kier molecular flexibility index (Phi) is 5.06. The van der Waals surface area contributed by atoms with E-state index in [4.69, 9.17) is 6.42 Å². The lowest BCUT2D eigenvalue weighted by Crippen LogP contribution is -2.00. The number of hydrogen-bond acceptors (Lipinski definition) is 1. The summed E-state index contributed by atoms with van der Waals surface area (Å²) in [6.45, 7) is 0. The van der Waals surface area contributed by atoms with Gasteiger partial charge in [-0.1, -0.05) is 6.07 Å². The number of terminal acetylenes is 1. The fourth-order valence-electron chi connectivity index (χ4n) is 1.32. The van der Waals surface area contributed by atoms with Crippen LogP contribution in [0, 0.1) is 21.7 Å². The highest BCUT2D eigenvalue weighted by Gasteiger charge is 2.11. The molecule has 0 aromatic heterocycles. The summed E-state index contributed by atoms with van der Waals surface area (Å²) < 4.78 is 13.6. The molecule has 1 unspecified atom stereocenters. The first kappa shape index (κ1) is 12.5. The van der Waals surface area contributed by atoms with Crippen LogP contribution in [0.5, 0.6) is 0 Å². The molecular weight excluding hydrogens is 306 g/mol. The van der Waals surface area contributed by atoms with Crippen LogP contribution in [-0.4, -0.2) is 5.11 Å². The van der Waals surface area contributed by atoms with E-state index in [1.54, 1.807) is 6.07 Å². The van der Waals surface area contributed by atoms with Crippen LogP contribution in [0.2, 0.25) is 0 Å². The van der Waals surface area contributed by atoms with Crippen molar-refractivity contribution in [2.45, 2.75) is 25.4 Å². The van der Waals surface area contributed by atoms with Gasteiger partial charge in [0, 0.05) is 9.99 Å². The van der Waals surface area contributed by atoms with E-state index in [0.29, 0.717) is 12.8 Å². The number of hydrogen-bond donors (Lipinski definition) is 1. The van der Waals surface area contributed by atoms with Gasteiger partial charge in [0.15, 0.2) is 0 Å². The second-order valence-corrected chi connectivity index (χ2v) is 4.44. The summed E-state index contributed by atoms with van der Waals surface area (Å²) in [6.07, 6.45) is 6.63. The zero-order valence-electron chi connectivity index (χ0n) is 8.21. The zero-order chi connectivity index (χ0) is 11.3. The van der Waals surface area contributed by atoms with Crippen molar-refractivity contribution in [2.75, 3.05) is 0 Å². The van der Waals surface area contributed by atoms with Crippen LogP contribution < -0.4 is 0 Å². The molecule has 0 heterocycles. The van der Waals surface area contributed by atoms with Crippen LogP contribution in [0.15, 0.2) is 18.2 Å². The van der Waals surface area contributed by atoms with E-state index < -0.39 is 6.10 Å². The highest BCUT2D eigenvalue weighted by atomic mass is 127. The minimum absolute atomic E-state index is 0.279. The summed E-state index contributed by atoms with van der Waals surface area (Å²) in [5, 5.41) is 9.82. The molecule has 1 rings (SSSR count). The highest BCUT2D eigenvalue weighted by Crippen LogP contribution is 2.24. The van der Waals surface area contributed by atoms with Crippen LogP contribution in [0.1, 0.15) is 30.9 Å². The number of halogens is 2. The van der Waals surface area contributed by atoms with Crippen molar-refractivity contribution >= 4 is 22.6 Å². The number of unbranched alkanes of at least 4 members (excludes halogenated alkanes) is 1. The molecule has 3 heteroatoms. The van der Waals surface area contributed by atoms with Gasteiger partial charge in [-0.25, -0.2) is 4.39 Å². The van der Waals surface area contributed by atoms with Crippen LogP contribution in [0.25, 0.3) is 0 Å². The number of aliphatic hydroxyl groups excluding tert-OH is 1. The van der Waals surface area contributed by atoms with Gasteiger partial charge in [-0.15, -0.1) is 12.3 Å². The molecule has 0 aliphatic heterocycles. The summed E-state index contributed by atoms with van der Waals surface area (Å²) >= 11 is 2.02. The van der Waals surface area contributed by atoms with Crippen LogP contribution in [0.3, 0.4) is 0 Å². The van der Waals surface area contributed by atoms with Crippen molar-refractivity contribution < 1.29 is 9.50 Å². The fraction of sp³-hybridized carbons (Fsp3) is 0.333. The third-order valence-electron chi connectivity index (χ3n) is 2.12. The minimum Gasteiger partial charge on any atom is -0.388 e. The number of rotatable bonds is 4. The van der Waals surface area contributed by atoms with E-state index in [-0.39, 0.29) is 5.82 Å². The molecule has 80 valence electrons. The Bertz CT molecular complexity index is 370. The Morgan fingerprint density at radius 1 is 1.53 bits per heavy atom. The lowest BCUT2D eigenvalue weighted by Gasteiger charge is -2.11. The van der Waals surface area contributed by atoms with E-state index in [1.165, 1.54) is 12.1 Å². The molecule has 0 bridgehead atoms. The van der Waals surface area contributed by atoms with Crippen molar-refractivity contribution in [1.82, 2.24) is 0 Å². The molecule has 15 heavy (non-hydrogen) atoms. The average molecular weight is 318 g/mol. The molecule has 1 N–H and O–H groups in total. The molecule has 1 atom stereocenters. The average Bonchev–Trinajstić information content (AvgIpc) is 2.17. The minimum atomic E-state index is -0.550. The molecule has 0 radical (unpaired) electrons. The largest absolute Gasteiger partial charge is 0.388 e. The molecule has 0 aliphatic carbocycles. The first-order chi connectivity index (χ1) is 7.15. The Morgan fingerprint density at radius 3 is 2.87 bits per heavy atom. The van der Waals surface area contributed by atoms with Crippen molar-refractivity contribution in [3.8, 4) is 12.3 Å². The Balaban J connectivity index is 2.66. The molecule has 1 aromatic carbocycles. The van der Waals surface area contributed by atoms with Crippen LogP contribution in [0.4, 0.5) is 4.39 Å². The fourth-order valence-corrected chi connectivity index (χ4v) is 2.16. The second kappa shape index (κ2) is 6.09. The highest BCUT2D eigenvalue weighted by molar-refractivity contribution is 14.1. The van der Waals surface area contributed by atoms with E-state index in [9.17, 15) is 9.50 Å². The van der Waals surface area contributed by atoms with Gasteiger partial charge in [0.2, 0.25) is 0 Å². The zero-order valence-corrected chi connectivity index (χ0v) is 10.4. The van der Waals surface area contributed by atoms with Gasteiger partial charge in [-0.3, -0.25) is 0 Å². The molecule has 0 spiro atoms. The van der Waals surface area contributed by atoms with Crippen molar-refractivity contribution in [1.29, 1.82) is 0 Å². The van der Waals surface area contributed by atoms with Gasteiger partial charge in [0.1, 0.15) is 5.82 Å². The predicted molar refractivity (Wildman–Crippen MR) is 66.8 cm³/mol. The maximum Gasteiger partial charge on any atom is 0.124 e. The molecular formula is C12H12FIO. The molecule has 0 aliphatic rings. The molecule has 0 saturated carbocycles. The van der Waals surface area contributed by atoms with E-state index >= 15 is 0 Å². The number of benzene rings is 1. The SMILES string of the molecule is C#CCCCC(O)c1ccc(F)cc1I. The molecule has 0 fully saturated rings. The van der Waals surface area contributed by atoms with Gasteiger partial charge in [0.25, 0.3) is 0 Å². The lowest BCUT2D eigenvalue weighted by atomic mass is 10.0. The lowest BCUT2D eigenvalue weighted by molar-refractivity contribution is 0.164. The summed E-state index contributed by atoms with van der Waals surface area (Å²) in [7, 11) is 0. The van der Waals surface area contributed by atoms with Gasteiger partial charge in [-0.2, -0.15) is 0 Å². The Labute approximate surface area is 103 Å². The van der Waals surface area contributed by atoms with E-state index in [2.05, 4.69) is 5.92 Å². The Hall–Kier alpha value is -0.600.